The first-order valence-corrected chi connectivity index (χ1v) is 11.8. The topological polar surface area (TPSA) is 91.3 Å². The Bertz CT molecular complexity index is 496. The molecule has 30 heavy (non-hydrogen) atoms. The third kappa shape index (κ3) is 8.33. The number of aliphatic hydroxyl groups is 2. The van der Waals surface area contributed by atoms with Crippen LogP contribution in [0.15, 0.2) is 0 Å². The lowest BCUT2D eigenvalue weighted by molar-refractivity contribution is -0.0829. The van der Waals surface area contributed by atoms with Crippen molar-refractivity contribution < 1.29 is 24.5 Å². The number of carbonyl (C=O) groups is 1. The van der Waals surface area contributed by atoms with Crippen LogP contribution in [-0.2, 0) is 9.47 Å². The van der Waals surface area contributed by atoms with Crippen LogP contribution in [0.1, 0.15) is 71.6 Å². The number of nitrogens with zero attached hydrogens (tertiary/aromatic N) is 1. The Balaban J connectivity index is 1.75. The molecule has 2 saturated carbocycles. The number of carbonyl (C=O) groups excluding carboxylic acids is 1. The van der Waals surface area contributed by atoms with Crippen molar-refractivity contribution in [2.45, 2.75) is 102 Å². The zero-order valence-corrected chi connectivity index (χ0v) is 19.4. The molecule has 0 bridgehead atoms. The van der Waals surface area contributed by atoms with E-state index in [1.165, 1.54) is 0 Å². The van der Waals surface area contributed by atoms with E-state index in [0.29, 0.717) is 12.5 Å². The van der Waals surface area contributed by atoms with Crippen LogP contribution >= 0.6 is 0 Å². The minimum Gasteiger partial charge on any atom is -0.393 e. The van der Waals surface area contributed by atoms with E-state index in [2.05, 4.69) is 19.2 Å². The zero-order chi connectivity index (χ0) is 22.1. The van der Waals surface area contributed by atoms with E-state index in [1.54, 1.807) is 19.1 Å². The van der Waals surface area contributed by atoms with E-state index >= 15 is 0 Å². The first-order valence-electron chi connectivity index (χ1n) is 11.8. The van der Waals surface area contributed by atoms with Crippen molar-refractivity contribution in [3.05, 3.63) is 0 Å². The van der Waals surface area contributed by atoms with E-state index in [1.807, 2.05) is 0 Å². The van der Waals surface area contributed by atoms with Gasteiger partial charge < -0.3 is 29.9 Å². The van der Waals surface area contributed by atoms with E-state index in [-0.39, 0.29) is 36.3 Å². The normalized spacial score (nSPS) is 30.8. The lowest BCUT2D eigenvalue weighted by Crippen LogP contribution is -2.51. The number of methoxy groups -OCH3 is 1. The number of nitrogens with one attached hydrogen (secondary N) is 1. The summed E-state index contributed by atoms with van der Waals surface area (Å²) < 4.78 is 11.7. The van der Waals surface area contributed by atoms with Gasteiger partial charge in [-0.3, -0.25) is 0 Å². The highest BCUT2D eigenvalue weighted by Crippen LogP contribution is 2.28. The van der Waals surface area contributed by atoms with Crippen molar-refractivity contribution in [1.82, 2.24) is 10.2 Å². The highest BCUT2D eigenvalue weighted by Gasteiger charge is 2.33. The Morgan fingerprint density at radius 1 is 1.13 bits per heavy atom. The molecule has 3 N–H and O–H groups in total. The van der Waals surface area contributed by atoms with Gasteiger partial charge in [0.1, 0.15) is 0 Å². The maximum Gasteiger partial charge on any atom is 0.317 e. The molecule has 2 amide bonds. The van der Waals surface area contributed by atoms with Crippen LogP contribution in [0.2, 0.25) is 0 Å². The van der Waals surface area contributed by atoms with Crippen molar-refractivity contribution in [2.24, 2.45) is 11.8 Å². The van der Waals surface area contributed by atoms with Gasteiger partial charge in [-0.05, 0) is 69.6 Å². The van der Waals surface area contributed by atoms with Crippen LogP contribution in [0.3, 0.4) is 0 Å². The number of aliphatic hydroxyl groups excluding tert-OH is 2. The maximum absolute atomic E-state index is 12.7. The van der Waals surface area contributed by atoms with Gasteiger partial charge in [0.15, 0.2) is 0 Å². The van der Waals surface area contributed by atoms with Gasteiger partial charge >= 0.3 is 6.03 Å². The Kier molecular flexibility index (Phi) is 10.9. The Labute approximate surface area is 182 Å². The monoisotopic (exact) mass is 428 g/mol. The SMILES string of the molecule is COC1CCC(NC(=O)N(C)CC(O)C2CCC(O)CC2)CC1OCCCC(C)C. The Morgan fingerprint density at radius 3 is 2.47 bits per heavy atom. The Morgan fingerprint density at radius 2 is 1.83 bits per heavy atom. The first-order chi connectivity index (χ1) is 14.3. The molecule has 2 aliphatic rings. The van der Waals surface area contributed by atoms with Crippen molar-refractivity contribution in [1.29, 1.82) is 0 Å². The fourth-order valence-corrected chi connectivity index (χ4v) is 4.69. The number of urea groups is 1. The van der Waals surface area contributed by atoms with Crippen LogP contribution in [0.4, 0.5) is 4.79 Å². The molecule has 176 valence electrons. The van der Waals surface area contributed by atoms with Crippen LogP contribution in [0, 0.1) is 11.8 Å². The zero-order valence-electron chi connectivity index (χ0n) is 19.4. The minimum atomic E-state index is -0.547. The fourth-order valence-electron chi connectivity index (χ4n) is 4.69. The molecule has 4 unspecified atom stereocenters. The molecule has 0 heterocycles. The van der Waals surface area contributed by atoms with Crippen molar-refractivity contribution in [3.63, 3.8) is 0 Å². The summed E-state index contributed by atoms with van der Waals surface area (Å²) in [6.45, 7) is 5.48. The highest BCUT2D eigenvalue weighted by molar-refractivity contribution is 5.74. The van der Waals surface area contributed by atoms with Gasteiger partial charge in [0.2, 0.25) is 0 Å². The molecule has 0 aromatic carbocycles. The van der Waals surface area contributed by atoms with Gasteiger partial charge in [-0.15, -0.1) is 0 Å². The summed E-state index contributed by atoms with van der Waals surface area (Å²) in [5.74, 6) is 0.833. The molecule has 7 heteroatoms. The maximum atomic E-state index is 12.7. The van der Waals surface area contributed by atoms with Gasteiger partial charge in [-0.2, -0.15) is 0 Å². The summed E-state index contributed by atoms with van der Waals surface area (Å²) in [6.07, 6.45) is 7.08. The summed E-state index contributed by atoms with van der Waals surface area (Å²) >= 11 is 0. The van der Waals surface area contributed by atoms with Gasteiger partial charge in [-0.25, -0.2) is 4.79 Å². The minimum absolute atomic E-state index is 0.00535. The highest BCUT2D eigenvalue weighted by atomic mass is 16.5. The van der Waals surface area contributed by atoms with Crippen molar-refractivity contribution >= 4 is 6.03 Å². The molecule has 2 fully saturated rings. The molecule has 0 saturated heterocycles. The van der Waals surface area contributed by atoms with Gasteiger partial charge in [0.05, 0.1) is 24.4 Å². The molecule has 0 radical (unpaired) electrons. The molecular formula is C23H44N2O5. The van der Waals surface area contributed by atoms with Crippen LogP contribution in [0.25, 0.3) is 0 Å². The quantitative estimate of drug-likeness (QED) is 0.466. The third-order valence-corrected chi connectivity index (χ3v) is 6.71. The van der Waals surface area contributed by atoms with Crippen LogP contribution in [-0.4, -0.2) is 78.9 Å². The van der Waals surface area contributed by atoms with E-state index < -0.39 is 6.10 Å². The average Bonchev–Trinajstić information content (AvgIpc) is 2.71. The number of likely N-dealkylation sites (N-methyl/N-ethyl adjacent to an activating group) is 1. The van der Waals surface area contributed by atoms with Crippen molar-refractivity contribution in [2.75, 3.05) is 27.3 Å². The summed E-state index contributed by atoms with van der Waals surface area (Å²) in [5, 5.41) is 23.3. The molecule has 2 rings (SSSR count). The molecule has 0 aliphatic heterocycles. The summed E-state index contributed by atoms with van der Waals surface area (Å²) in [7, 11) is 3.46. The fraction of sp³-hybridized carbons (Fsp3) is 0.957. The number of rotatable bonds is 10. The molecule has 2 aliphatic carbocycles. The van der Waals surface area contributed by atoms with Gasteiger partial charge in [0, 0.05) is 33.4 Å². The van der Waals surface area contributed by atoms with E-state index in [0.717, 1.165) is 64.4 Å². The van der Waals surface area contributed by atoms with Gasteiger partial charge in [-0.1, -0.05) is 13.8 Å². The van der Waals surface area contributed by atoms with Crippen LogP contribution < -0.4 is 5.32 Å². The molecule has 0 spiro atoms. The molecular weight excluding hydrogens is 384 g/mol. The standard InChI is InChI=1S/C23H44N2O5/c1-16(2)6-5-13-30-22-14-18(9-12-21(22)29-4)24-23(28)25(3)15-20(27)17-7-10-19(26)11-8-17/h16-22,26-27H,5-15H2,1-4H3,(H,24,28). The summed E-state index contributed by atoms with van der Waals surface area (Å²) in [5.41, 5.74) is 0. The predicted octanol–water partition coefficient (Wildman–Crippen LogP) is 2.93. The number of amides is 2. The molecule has 0 aromatic rings. The first kappa shape index (κ1) is 25.4. The van der Waals surface area contributed by atoms with Crippen LogP contribution in [0.5, 0.6) is 0 Å². The Hall–Kier alpha value is -0.890. The van der Waals surface area contributed by atoms with Gasteiger partial charge in [0.25, 0.3) is 0 Å². The smallest absolute Gasteiger partial charge is 0.317 e. The van der Waals surface area contributed by atoms with E-state index in [4.69, 9.17) is 9.47 Å². The lowest BCUT2D eigenvalue weighted by atomic mass is 9.83. The molecule has 4 atom stereocenters. The second-order valence-electron chi connectivity index (χ2n) is 9.70. The summed E-state index contributed by atoms with van der Waals surface area (Å²) in [4.78, 5) is 14.2. The van der Waals surface area contributed by atoms with E-state index in [9.17, 15) is 15.0 Å². The number of hydrogen-bond acceptors (Lipinski definition) is 5. The number of ether oxygens (including phenoxy) is 2. The second-order valence-corrected chi connectivity index (χ2v) is 9.70. The summed E-state index contributed by atoms with van der Waals surface area (Å²) in [6, 6.07) is -0.0901. The molecule has 7 nitrogen and oxygen atoms in total. The third-order valence-electron chi connectivity index (χ3n) is 6.71. The largest absolute Gasteiger partial charge is 0.393 e. The number of hydrogen-bond donors (Lipinski definition) is 3. The lowest BCUT2D eigenvalue weighted by Gasteiger charge is -2.36. The average molecular weight is 429 g/mol. The predicted molar refractivity (Wildman–Crippen MR) is 117 cm³/mol. The molecule has 0 aromatic heterocycles. The second kappa shape index (κ2) is 12.8. The van der Waals surface area contributed by atoms with Crippen molar-refractivity contribution in [3.8, 4) is 0 Å².